The summed E-state index contributed by atoms with van der Waals surface area (Å²) in [6.45, 7) is 3.21. The second-order valence-electron chi connectivity index (χ2n) is 6.45. The summed E-state index contributed by atoms with van der Waals surface area (Å²) < 4.78 is 5.10. The van der Waals surface area contributed by atoms with Gasteiger partial charge in [0.2, 0.25) is 0 Å². The maximum Gasteiger partial charge on any atom is 0.346 e. The van der Waals surface area contributed by atoms with Gasteiger partial charge in [-0.3, -0.25) is 14.9 Å². The summed E-state index contributed by atoms with van der Waals surface area (Å²) in [5.41, 5.74) is 0.139. The summed E-state index contributed by atoms with van der Waals surface area (Å²) >= 11 is 0. The number of carbonyl (C=O) groups is 2. The molecule has 1 heterocycles. The van der Waals surface area contributed by atoms with Crippen LogP contribution in [0.4, 0.5) is 10.5 Å². The zero-order valence-electron chi connectivity index (χ0n) is 15.5. The quantitative estimate of drug-likeness (QED) is 0.370. The first-order chi connectivity index (χ1) is 13.3. The molecule has 0 aromatic heterocycles. The number of benzene rings is 2. The van der Waals surface area contributed by atoms with Crippen molar-refractivity contribution < 1.29 is 19.2 Å². The molecule has 3 rings (SSSR count). The van der Waals surface area contributed by atoms with Gasteiger partial charge < -0.3 is 10.1 Å². The molecule has 1 aliphatic rings. The fourth-order valence-electron chi connectivity index (χ4n) is 2.88. The molecule has 0 aliphatic carbocycles. The molecule has 1 fully saturated rings. The third-order valence-electron chi connectivity index (χ3n) is 4.59. The Hall–Kier alpha value is -3.75. The zero-order chi connectivity index (χ0) is 20.5. The molecule has 9 nitrogen and oxygen atoms in total. The van der Waals surface area contributed by atoms with Crippen LogP contribution in [-0.4, -0.2) is 35.2 Å². The number of hydrogen-bond acceptors (Lipinski definition) is 6. The molecule has 0 saturated carbocycles. The molecule has 0 unspecified atom stereocenters. The Kier molecular flexibility index (Phi) is 4.83. The summed E-state index contributed by atoms with van der Waals surface area (Å²) in [6, 6.07) is 10.6. The van der Waals surface area contributed by atoms with Crippen LogP contribution in [0.25, 0.3) is 0 Å². The highest BCUT2D eigenvalue weighted by Gasteiger charge is 2.49. The third-order valence-corrected chi connectivity index (χ3v) is 4.59. The van der Waals surface area contributed by atoms with E-state index in [2.05, 4.69) is 10.4 Å². The molecule has 2 aromatic carbocycles. The second kappa shape index (κ2) is 7.10. The number of methoxy groups -OCH3 is 1. The van der Waals surface area contributed by atoms with E-state index >= 15 is 0 Å². The molecule has 3 amide bonds. The van der Waals surface area contributed by atoms with Crippen molar-refractivity contribution >= 4 is 23.8 Å². The van der Waals surface area contributed by atoms with E-state index in [9.17, 15) is 19.7 Å². The number of nitrogens with one attached hydrogen (secondary N) is 1. The van der Waals surface area contributed by atoms with E-state index in [1.807, 2.05) is 0 Å². The first-order valence-corrected chi connectivity index (χ1v) is 8.36. The summed E-state index contributed by atoms with van der Waals surface area (Å²) in [5, 5.41) is 18.3. The van der Waals surface area contributed by atoms with E-state index in [0.717, 1.165) is 5.01 Å². The molecule has 2 aromatic rings. The molecule has 1 N–H and O–H groups in total. The number of nitro groups is 1. The van der Waals surface area contributed by atoms with Crippen molar-refractivity contribution in [3.63, 3.8) is 0 Å². The Morgan fingerprint density at radius 3 is 2.50 bits per heavy atom. The van der Waals surface area contributed by atoms with Crippen LogP contribution < -0.4 is 10.1 Å². The molecule has 0 spiro atoms. The molecule has 144 valence electrons. The Labute approximate surface area is 160 Å². The molecule has 0 radical (unpaired) electrons. The van der Waals surface area contributed by atoms with Gasteiger partial charge in [0.25, 0.3) is 11.6 Å². The number of ether oxygens (including phenoxy) is 1. The van der Waals surface area contributed by atoms with Crippen LogP contribution in [0.2, 0.25) is 0 Å². The molecule has 1 atom stereocenters. The minimum atomic E-state index is -1.28. The number of hydrogen-bond donors (Lipinski definition) is 1. The molecular weight excluding hydrogens is 364 g/mol. The van der Waals surface area contributed by atoms with E-state index in [1.54, 1.807) is 50.2 Å². The molecule has 1 saturated heterocycles. The van der Waals surface area contributed by atoms with E-state index in [1.165, 1.54) is 19.4 Å². The zero-order valence-corrected chi connectivity index (χ0v) is 15.5. The van der Waals surface area contributed by atoms with E-state index in [4.69, 9.17) is 4.74 Å². The Morgan fingerprint density at radius 2 is 1.89 bits per heavy atom. The van der Waals surface area contributed by atoms with Gasteiger partial charge in [-0.25, -0.2) is 4.79 Å². The normalized spacial score (nSPS) is 19.2. The maximum absolute atomic E-state index is 12.8. The van der Waals surface area contributed by atoms with Crippen LogP contribution in [0, 0.1) is 17.0 Å². The summed E-state index contributed by atoms with van der Waals surface area (Å²) in [4.78, 5) is 35.7. The average Bonchev–Trinajstić information content (AvgIpc) is 2.90. The monoisotopic (exact) mass is 382 g/mol. The average molecular weight is 382 g/mol. The number of carbonyl (C=O) groups excluding carboxylic acids is 2. The highest BCUT2D eigenvalue weighted by Crippen LogP contribution is 2.30. The second-order valence-corrected chi connectivity index (χ2v) is 6.45. The lowest BCUT2D eigenvalue weighted by Gasteiger charge is -2.21. The lowest BCUT2D eigenvalue weighted by Crippen LogP contribution is -2.40. The van der Waals surface area contributed by atoms with Crippen molar-refractivity contribution in [2.45, 2.75) is 19.4 Å². The molecule has 1 aliphatic heterocycles. The fourth-order valence-corrected chi connectivity index (χ4v) is 2.88. The number of hydrazone groups is 1. The smallest absolute Gasteiger partial charge is 0.346 e. The number of nitro benzene ring substituents is 1. The van der Waals surface area contributed by atoms with Gasteiger partial charge in [0.15, 0.2) is 0 Å². The number of imide groups is 1. The summed E-state index contributed by atoms with van der Waals surface area (Å²) in [6.07, 6.45) is 1.24. The number of nitrogens with zero attached hydrogens (tertiary/aromatic N) is 3. The van der Waals surface area contributed by atoms with Gasteiger partial charge in [0.05, 0.1) is 18.2 Å². The Morgan fingerprint density at radius 1 is 1.21 bits per heavy atom. The predicted molar refractivity (Wildman–Crippen MR) is 101 cm³/mol. The molecular formula is C19H18N4O5. The largest absolute Gasteiger partial charge is 0.497 e. The summed E-state index contributed by atoms with van der Waals surface area (Å²) in [7, 11) is 1.53. The fraction of sp³-hybridized carbons (Fsp3) is 0.211. The van der Waals surface area contributed by atoms with Crippen LogP contribution in [0.15, 0.2) is 47.6 Å². The predicted octanol–water partition coefficient (Wildman–Crippen LogP) is 2.71. The van der Waals surface area contributed by atoms with Gasteiger partial charge >= 0.3 is 6.03 Å². The van der Waals surface area contributed by atoms with E-state index in [0.29, 0.717) is 22.4 Å². The molecule has 9 heteroatoms. The number of amides is 3. The lowest BCUT2D eigenvalue weighted by molar-refractivity contribution is -0.385. The van der Waals surface area contributed by atoms with Crippen LogP contribution in [0.1, 0.15) is 23.6 Å². The first-order valence-electron chi connectivity index (χ1n) is 8.36. The number of rotatable bonds is 5. The van der Waals surface area contributed by atoms with Crippen molar-refractivity contribution in [1.29, 1.82) is 0 Å². The minimum Gasteiger partial charge on any atom is -0.497 e. The van der Waals surface area contributed by atoms with Crippen molar-refractivity contribution in [1.82, 2.24) is 10.3 Å². The Balaban J connectivity index is 1.86. The van der Waals surface area contributed by atoms with Gasteiger partial charge in [-0.1, -0.05) is 24.3 Å². The standard InChI is InChI=1S/C19H18N4O5/c1-12-4-5-13(10-16(12)23(26)27)11-20-22-17(24)19(2,21-18(22)25)14-6-8-15(28-3)9-7-14/h4-11H,1-3H3,(H,21,25)/b20-11-/t19-/m1/s1. The minimum absolute atomic E-state index is 0.0655. The van der Waals surface area contributed by atoms with Crippen molar-refractivity contribution in [2.24, 2.45) is 5.10 Å². The van der Waals surface area contributed by atoms with Gasteiger partial charge in [-0.05, 0) is 31.5 Å². The topological polar surface area (TPSA) is 114 Å². The molecule has 28 heavy (non-hydrogen) atoms. The van der Waals surface area contributed by atoms with Crippen molar-refractivity contribution in [3.05, 3.63) is 69.3 Å². The van der Waals surface area contributed by atoms with Gasteiger partial charge in [-0.15, -0.1) is 5.01 Å². The van der Waals surface area contributed by atoms with Crippen molar-refractivity contribution in [2.75, 3.05) is 7.11 Å². The van der Waals surface area contributed by atoms with E-state index in [-0.39, 0.29) is 5.69 Å². The SMILES string of the molecule is COc1ccc([C@@]2(C)NC(=O)N(/N=C\c3ccc(C)c([N+](=O)[O-])c3)C2=O)cc1. The number of urea groups is 1. The third kappa shape index (κ3) is 3.29. The van der Waals surface area contributed by atoms with Gasteiger partial charge in [0.1, 0.15) is 11.3 Å². The lowest BCUT2D eigenvalue weighted by atomic mass is 9.92. The maximum atomic E-state index is 12.8. The van der Waals surface area contributed by atoms with Crippen LogP contribution >= 0.6 is 0 Å². The van der Waals surface area contributed by atoms with Gasteiger partial charge in [-0.2, -0.15) is 5.10 Å². The van der Waals surface area contributed by atoms with Gasteiger partial charge in [0, 0.05) is 17.2 Å². The first kappa shape index (κ1) is 19.0. The van der Waals surface area contributed by atoms with E-state index < -0.39 is 22.4 Å². The van der Waals surface area contributed by atoms with Crippen molar-refractivity contribution in [3.8, 4) is 5.75 Å². The van der Waals surface area contributed by atoms with Crippen LogP contribution in [0.3, 0.4) is 0 Å². The highest BCUT2D eigenvalue weighted by atomic mass is 16.6. The highest BCUT2D eigenvalue weighted by molar-refractivity contribution is 6.07. The Bertz CT molecular complexity index is 986. The summed E-state index contributed by atoms with van der Waals surface area (Å²) in [5.74, 6) is 0.0699. The van der Waals surface area contributed by atoms with Crippen LogP contribution in [0.5, 0.6) is 5.75 Å². The molecule has 0 bridgehead atoms. The number of aryl methyl sites for hydroxylation is 1. The van der Waals surface area contributed by atoms with Crippen LogP contribution in [-0.2, 0) is 10.3 Å².